The monoisotopic (exact) mass is 425 g/mol. The van der Waals surface area contributed by atoms with Crippen molar-refractivity contribution in [2.45, 2.75) is 25.4 Å². The summed E-state index contributed by atoms with van der Waals surface area (Å²) in [5.41, 5.74) is 1.83. The summed E-state index contributed by atoms with van der Waals surface area (Å²) in [6.07, 6.45) is 2.35. The van der Waals surface area contributed by atoms with Crippen molar-refractivity contribution >= 4 is 28.9 Å². The molecule has 0 radical (unpaired) electrons. The van der Waals surface area contributed by atoms with E-state index in [1.54, 1.807) is 0 Å². The molecule has 1 saturated heterocycles. The molecule has 6 nitrogen and oxygen atoms in total. The van der Waals surface area contributed by atoms with E-state index in [-0.39, 0.29) is 11.0 Å². The van der Waals surface area contributed by atoms with Crippen LogP contribution in [-0.4, -0.2) is 48.8 Å². The highest BCUT2D eigenvalue weighted by Gasteiger charge is 2.29. The van der Waals surface area contributed by atoms with Crippen LogP contribution in [0.15, 0.2) is 48.5 Å². The zero-order valence-electron chi connectivity index (χ0n) is 17.1. The van der Waals surface area contributed by atoms with Crippen molar-refractivity contribution in [2.75, 3.05) is 32.1 Å². The molecule has 2 aromatic carbocycles. The second-order valence-corrected chi connectivity index (χ2v) is 8.35. The van der Waals surface area contributed by atoms with Gasteiger partial charge in [-0.3, -0.25) is 10.1 Å². The number of hydrogen-bond donors (Lipinski definition) is 2. The molecule has 158 valence electrons. The second-order valence-electron chi connectivity index (χ2n) is 7.94. The molecule has 1 fully saturated rings. The largest absolute Gasteiger partial charge is 0.493 e. The number of thiocarbonyl (C=S) groups is 1. The van der Waals surface area contributed by atoms with Crippen LogP contribution >= 0.6 is 12.2 Å². The highest BCUT2D eigenvalue weighted by molar-refractivity contribution is 7.80. The molecule has 2 aromatic rings. The van der Waals surface area contributed by atoms with E-state index in [1.165, 1.54) is 12.8 Å². The van der Waals surface area contributed by atoms with E-state index in [2.05, 4.69) is 22.6 Å². The Morgan fingerprint density at radius 2 is 1.90 bits per heavy atom. The molecule has 0 saturated carbocycles. The van der Waals surface area contributed by atoms with Gasteiger partial charge in [0.2, 0.25) is 0 Å². The van der Waals surface area contributed by atoms with Gasteiger partial charge in [-0.25, -0.2) is 0 Å². The van der Waals surface area contributed by atoms with E-state index in [0.717, 1.165) is 42.4 Å². The molecule has 0 spiro atoms. The van der Waals surface area contributed by atoms with E-state index >= 15 is 0 Å². The molecular weight excluding hydrogens is 398 g/mol. The molecule has 2 heterocycles. The fourth-order valence-electron chi connectivity index (χ4n) is 3.76. The first-order valence-corrected chi connectivity index (χ1v) is 10.8. The number of carbonyl (C=O) groups excluding carboxylic acids is 1. The number of amides is 1. The van der Waals surface area contributed by atoms with Gasteiger partial charge in [-0.2, -0.15) is 0 Å². The number of likely N-dealkylation sites (tertiary alicyclic amines) is 1. The van der Waals surface area contributed by atoms with Crippen LogP contribution in [0.25, 0.3) is 0 Å². The summed E-state index contributed by atoms with van der Waals surface area (Å²) >= 11 is 5.28. The summed E-state index contributed by atoms with van der Waals surface area (Å²) in [6, 6.07) is 15.3. The summed E-state index contributed by atoms with van der Waals surface area (Å²) in [4.78, 5) is 14.8. The van der Waals surface area contributed by atoms with Crippen LogP contribution in [0.5, 0.6) is 11.5 Å². The smallest absolute Gasteiger partial charge is 0.267 e. The summed E-state index contributed by atoms with van der Waals surface area (Å²) < 4.78 is 11.6. The summed E-state index contributed by atoms with van der Waals surface area (Å²) in [5, 5.41) is 6.00. The van der Waals surface area contributed by atoms with Crippen LogP contribution in [0.3, 0.4) is 0 Å². The first kappa shape index (κ1) is 20.6. The van der Waals surface area contributed by atoms with Gasteiger partial charge >= 0.3 is 0 Å². The minimum Gasteiger partial charge on any atom is -0.493 e. The Morgan fingerprint density at radius 1 is 1.17 bits per heavy atom. The van der Waals surface area contributed by atoms with Gasteiger partial charge < -0.3 is 19.7 Å². The van der Waals surface area contributed by atoms with Gasteiger partial charge in [0.15, 0.2) is 11.2 Å². The number of carbonyl (C=O) groups is 1. The average Bonchev–Trinajstić information content (AvgIpc) is 3.19. The molecule has 7 heteroatoms. The maximum atomic E-state index is 12.4. The van der Waals surface area contributed by atoms with E-state index < -0.39 is 6.10 Å². The van der Waals surface area contributed by atoms with E-state index in [4.69, 9.17) is 21.7 Å². The lowest BCUT2D eigenvalue weighted by Crippen LogP contribution is -2.42. The van der Waals surface area contributed by atoms with Crippen LogP contribution < -0.4 is 20.1 Å². The van der Waals surface area contributed by atoms with Crippen molar-refractivity contribution in [2.24, 2.45) is 5.92 Å². The molecule has 0 aliphatic carbocycles. The third-order valence-electron chi connectivity index (χ3n) is 5.61. The van der Waals surface area contributed by atoms with Gasteiger partial charge in [-0.1, -0.05) is 18.2 Å². The summed E-state index contributed by atoms with van der Waals surface area (Å²) in [5.74, 6) is 1.96. The van der Waals surface area contributed by atoms with E-state index in [0.29, 0.717) is 12.3 Å². The molecular formula is C23H27N3O3S. The predicted molar refractivity (Wildman–Crippen MR) is 121 cm³/mol. The SMILES string of the molecule is CN1CCC(COc2ccc(NC(=S)NC(=O)C3Cc4ccccc4O3)cc2)CC1. The van der Waals surface area contributed by atoms with E-state index in [9.17, 15) is 4.79 Å². The van der Waals surface area contributed by atoms with Gasteiger partial charge in [0.1, 0.15) is 11.5 Å². The minimum absolute atomic E-state index is 0.248. The van der Waals surface area contributed by atoms with Crippen molar-refractivity contribution in [1.29, 1.82) is 0 Å². The molecule has 4 rings (SSSR count). The lowest BCUT2D eigenvalue weighted by Gasteiger charge is -2.28. The average molecular weight is 426 g/mol. The number of nitrogens with zero attached hydrogens (tertiary/aromatic N) is 1. The number of anilines is 1. The van der Waals surface area contributed by atoms with Crippen molar-refractivity contribution in [3.05, 3.63) is 54.1 Å². The van der Waals surface area contributed by atoms with Crippen LogP contribution in [0.2, 0.25) is 0 Å². The number of piperidine rings is 1. The summed E-state index contributed by atoms with van der Waals surface area (Å²) in [6.45, 7) is 3.02. The van der Waals surface area contributed by atoms with E-state index in [1.807, 2.05) is 48.5 Å². The number of nitrogens with one attached hydrogen (secondary N) is 2. The van der Waals surface area contributed by atoms with Gasteiger partial charge in [-0.05, 0) is 87.0 Å². The fourth-order valence-corrected chi connectivity index (χ4v) is 3.98. The van der Waals surface area contributed by atoms with Crippen LogP contribution in [0.1, 0.15) is 18.4 Å². The maximum absolute atomic E-state index is 12.4. The Bertz CT molecular complexity index is 870. The highest BCUT2D eigenvalue weighted by Crippen LogP contribution is 2.28. The third kappa shape index (κ3) is 5.29. The first-order chi connectivity index (χ1) is 14.6. The second kappa shape index (κ2) is 9.45. The van der Waals surface area contributed by atoms with Gasteiger partial charge in [0, 0.05) is 12.1 Å². The number of fused-ring (bicyclic) bond motifs is 1. The van der Waals surface area contributed by atoms with Gasteiger partial charge in [-0.15, -0.1) is 0 Å². The fraction of sp³-hybridized carbons (Fsp3) is 0.391. The Balaban J connectivity index is 1.21. The predicted octanol–water partition coefficient (Wildman–Crippen LogP) is 3.22. The minimum atomic E-state index is -0.558. The number of rotatable bonds is 5. The molecule has 1 amide bonds. The number of ether oxygens (including phenoxy) is 2. The van der Waals surface area contributed by atoms with Crippen molar-refractivity contribution in [3.63, 3.8) is 0 Å². The Kier molecular flexibility index (Phi) is 6.50. The van der Waals surface area contributed by atoms with Crippen LogP contribution in [0.4, 0.5) is 5.69 Å². The molecule has 1 atom stereocenters. The molecule has 2 aliphatic rings. The normalized spacial score (nSPS) is 18.9. The maximum Gasteiger partial charge on any atom is 0.267 e. The third-order valence-corrected chi connectivity index (χ3v) is 5.82. The van der Waals surface area contributed by atoms with Gasteiger partial charge in [0.05, 0.1) is 6.61 Å². The molecule has 0 aromatic heterocycles. The molecule has 1 unspecified atom stereocenters. The zero-order chi connectivity index (χ0) is 20.9. The van der Waals surface area contributed by atoms with Crippen LogP contribution in [0, 0.1) is 5.92 Å². The number of hydrogen-bond acceptors (Lipinski definition) is 5. The summed E-state index contributed by atoms with van der Waals surface area (Å²) in [7, 11) is 2.16. The first-order valence-electron chi connectivity index (χ1n) is 10.3. The molecule has 2 N–H and O–H groups in total. The Morgan fingerprint density at radius 3 is 2.63 bits per heavy atom. The number of benzene rings is 2. The lowest BCUT2D eigenvalue weighted by molar-refractivity contribution is -0.125. The van der Waals surface area contributed by atoms with Crippen molar-refractivity contribution in [3.8, 4) is 11.5 Å². The Labute approximate surface area is 182 Å². The highest BCUT2D eigenvalue weighted by atomic mass is 32.1. The van der Waals surface area contributed by atoms with Crippen molar-refractivity contribution in [1.82, 2.24) is 10.2 Å². The van der Waals surface area contributed by atoms with Gasteiger partial charge in [0.25, 0.3) is 5.91 Å². The standard InChI is InChI=1S/C23H27N3O3S/c1-26-12-10-16(11-13-26)15-28-19-8-6-18(7-9-19)24-23(30)25-22(27)21-14-17-4-2-3-5-20(17)29-21/h2-9,16,21H,10-15H2,1H3,(H2,24,25,27,30). The van der Waals surface area contributed by atoms with Crippen molar-refractivity contribution < 1.29 is 14.3 Å². The quantitative estimate of drug-likeness (QED) is 0.718. The number of para-hydroxylation sites is 1. The topological polar surface area (TPSA) is 62.8 Å². The molecule has 2 aliphatic heterocycles. The molecule has 30 heavy (non-hydrogen) atoms. The molecule has 0 bridgehead atoms. The zero-order valence-corrected chi connectivity index (χ0v) is 17.9. The van der Waals surface area contributed by atoms with Crippen LogP contribution in [-0.2, 0) is 11.2 Å². The lowest BCUT2D eigenvalue weighted by atomic mass is 9.98. The Hall–Kier alpha value is -2.64.